The number of phosphoric ester groups is 1. The summed E-state index contributed by atoms with van der Waals surface area (Å²) < 4.78 is 48.8. The standard InChI is InChI=1S/C54H95O14P/c1-4-7-10-12-14-16-18-20-22-24-26-28-34-39-47(56)66-45(42-63-46(55)38-31-9-6-3)43-65-69(62,64-41-44-36-32-30-33-37-44)68-54-52(61)50(59)49(58)51(60)53(54)67-48(57)40-35-29-27-25-23-21-19-17-15-13-11-8-5-2/h30,32-33,36-37,45,49-54,58-61H,4-29,31,34-35,38-43H2,1-3H3/t45-,49+,50+,51-,52-,53-,54+,69?/m1/s1. The molecular weight excluding hydrogens is 904 g/mol. The number of aliphatic hydroxyl groups is 4. The van der Waals surface area contributed by atoms with E-state index in [2.05, 4.69) is 13.8 Å². The molecule has 1 aliphatic rings. The minimum atomic E-state index is -4.90. The number of carbonyl (C=O) groups is 3. The minimum Gasteiger partial charge on any atom is -0.462 e. The van der Waals surface area contributed by atoms with Gasteiger partial charge in [-0.25, -0.2) is 4.57 Å². The van der Waals surface area contributed by atoms with Gasteiger partial charge in [0.05, 0.1) is 13.2 Å². The van der Waals surface area contributed by atoms with Crippen LogP contribution in [0.15, 0.2) is 30.3 Å². The lowest BCUT2D eigenvalue weighted by atomic mass is 9.85. The van der Waals surface area contributed by atoms with Gasteiger partial charge in [0.25, 0.3) is 0 Å². The molecule has 14 nitrogen and oxygen atoms in total. The highest BCUT2D eigenvalue weighted by Gasteiger charge is 2.54. The van der Waals surface area contributed by atoms with E-state index in [1.807, 2.05) is 6.92 Å². The van der Waals surface area contributed by atoms with Gasteiger partial charge in [0, 0.05) is 19.3 Å². The minimum absolute atomic E-state index is 0.0232. The van der Waals surface area contributed by atoms with Crippen LogP contribution in [0.5, 0.6) is 0 Å². The van der Waals surface area contributed by atoms with Crippen LogP contribution in [0.2, 0.25) is 0 Å². The number of hydrogen-bond donors (Lipinski definition) is 4. The lowest BCUT2D eigenvalue weighted by Gasteiger charge is -2.43. The molecule has 15 heteroatoms. The van der Waals surface area contributed by atoms with Crippen molar-refractivity contribution in [3.63, 3.8) is 0 Å². The third-order valence-corrected chi connectivity index (χ3v) is 14.3. The van der Waals surface area contributed by atoms with Crippen molar-refractivity contribution in [3.8, 4) is 0 Å². The molecule has 400 valence electrons. The van der Waals surface area contributed by atoms with Crippen LogP contribution in [0.1, 0.15) is 232 Å². The van der Waals surface area contributed by atoms with Gasteiger partial charge in [-0.15, -0.1) is 0 Å². The van der Waals surface area contributed by atoms with Gasteiger partial charge >= 0.3 is 25.7 Å². The third-order valence-electron chi connectivity index (χ3n) is 12.9. The Hall–Kier alpha value is -2.42. The molecule has 69 heavy (non-hydrogen) atoms. The van der Waals surface area contributed by atoms with Gasteiger partial charge < -0.3 is 34.6 Å². The van der Waals surface area contributed by atoms with E-state index in [-0.39, 0.29) is 25.9 Å². The molecule has 0 heterocycles. The van der Waals surface area contributed by atoms with E-state index in [0.717, 1.165) is 64.2 Å². The third kappa shape index (κ3) is 29.6. The number of benzene rings is 1. The van der Waals surface area contributed by atoms with Crippen molar-refractivity contribution in [1.82, 2.24) is 0 Å². The Morgan fingerprint density at radius 3 is 1.35 bits per heavy atom. The molecule has 8 atom stereocenters. The first-order chi connectivity index (χ1) is 33.4. The first kappa shape index (κ1) is 62.7. The number of esters is 3. The second kappa shape index (κ2) is 40.1. The number of carbonyl (C=O) groups excluding carboxylic acids is 3. The summed E-state index contributed by atoms with van der Waals surface area (Å²) in [5.74, 6) is -1.81. The lowest BCUT2D eigenvalue weighted by molar-refractivity contribution is -0.231. The Morgan fingerprint density at radius 1 is 0.478 bits per heavy atom. The largest absolute Gasteiger partial charge is 0.475 e. The van der Waals surface area contributed by atoms with E-state index >= 15 is 0 Å². The molecule has 1 fully saturated rings. The van der Waals surface area contributed by atoms with Crippen molar-refractivity contribution >= 4 is 25.7 Å². The van der Waals surface area contributed by atoms with E-state index in [4.69, 9.17) is 27.8 Å². The van der Waals surface area contributed by atoms with Gasteiger partial charge in [-0.1, -0.05) is 218 Å². The smallest absolute Gasteiger partial charge is 0.462 e. The highest BCUT2D eigenvalue weighted by molar-refractivity contribution is 7.48. The molecule has 0 amide bonds. The molecule has 0 saturated heterocycles. The quantitative estimate of drug-likeness (QED) is 0.0208. The molecule has 1 aromatic carbocycles. The predicted molar refractivity (Wildman–Crippen MR) is 269 cm³/mol. The van der Waals surface area contributed by atoms with Crippen LogP contribution in [0.3, 0.4) is 0 Å². The number of aliphatic hydroxyl groups excluding tert-OH is 4. The van der Waals surface area contributed by atoms with Gasteiger partial charge in [0.2, 0.25) is 0 Å². The van der Waals surface area contributed by atoms with Crippen molar-refractivity contribution in [2.24, 2.45) is 0 Å². The second-order valence-corrected chi connectivity index (χ2v) is 20.8. The molecule has 0 bridgehead atoms. The Morgan fingerprint density at radius 2 is 0.870 bits per heavy atom. The van der Waals surface area contributed by atoms with Gasteiger partial charge in [-0.05, 0) is 24.8 Å². The zero-order chi connectivity index (χ0) is 50.4. The van der Waals surface area contributed by atoms with Crippen molar-refractivity contribution in [2.75, 3.05) is 13.2 Å². The molecule has 1 aromatic rings. The van der Waals surface area contributed by atoms with Crippen LogP contribution in [0.4, 0.5) is 0 Å². The zero-order valence-electron chi connectivity index (χ0n) is 43.0. The average Bonchev–Trinajstić information content (AvgIpc) is 3.34. The summed E-state index contributed by atoms with van der Waals surface area (Å²) in [4.78, 5) is 39.0. The van der Waals surface area contributed by atoms with E-state index in [1.165, 1.54) is 103 Å². The first-order valence-electron chi connectivity index (χ1n) is 27.3. The molecule has 4 N–H and O–H groups in total. The fraction of sp³-hybridized carbons (Fsp3) is 0.833. The van der Waals surface area contributed by atoms with Crippen molar-refractivity contribution in [2.45, 2.75) is 276 Å². The maximum absolute atomic E-state index is 14.7. The number of rotatable bonds is 44. The van der Waals surface area contributed by atoms with Crippen molar-refractivity contribution in [3.05, 3.63) is 35.9 Å². The van der Waals surface area contributed by atoms with Gasteiger partial charge in [0.15, 0.2) is 12.2 Å². The molecule has 0 aromatic heterocycles. The lowest BCUT2D eigenvalue weighted by Crippen LogP contribution is -2.65. The van der Waals surface area contributed by atoms with Crippen LogP contribution < -0.4 is 0 Å². The second-order valence-electron chi connectivity index (χ2n) is 19.2. The molecule has 1 saturated carbocycles. The Labute approximate surface area is 416 Å². The summed E-state index contributed by atoms with van der Waals surface area (Å²) in [6, 6.07) is 8.64. The maximum atomic E-state index is 14.7. The van der Waals surface area contributed by atoms with Gasteiger partial charge in [0.1, 0.15) is 37.1 Å². The fourth-order valence-corrected chi connectivity index (χ4v) is 9.91. The Bertz CT molecular complexity index is 1480. The number of phosphoric acid groups is 1. The Kier molecular flexibility index (Phi) is 36.4. The molecule has 1 aliphatic carbocycles. The number of unbranched alkanes of at least 4 members (excludes halogenated alkanes) is 26. The summed E-state index contributed by atoms with van der Waals surface area (Å²) in [7, 11) is -4.90. The summed E-state index contributed by atoms with van der Waals surface area (Å²) in [5.41, 5.74) is 0.562. The SMILES string of the molecule is CCCCCCCCCCCCCCCC(=O)O[C@H](COC(=O)CCCCC)COP(=O)(OCc1ccccc1)O[C@H]1[C@H](O)[C@@H](O)[C@H](O)[C@@H](O)[C@H]1OC(=O)CCCCCCCCCCCCCCC. The van der Waals surface area contributed by atoms with E-state index in [0.29, 0.717) is 24.8 Å². The van der Waals surface area contributed by atoms with Crippen molar-refractivity contribution < 1.29 is 67.2 Å². The molecule has 0 aliphatic heterocycles. The highest BCUT2D eigenvalue weighted by Crippen LogP contribution is 2.53. The van der Waals surface area contributed by atoms with E-state index in [9.17, 15) is 39.4 Å². The summed E-state index contributed by atoms with van der Waals surface area (Å²) in [6.45, 7) is 5.08. The zero-order valence-corrected chi connectivity index (χ0v) is 43.9. The van der Waals surface area contributed by atoms with Gasteiger partial charge in [-0.2, -0.15) is 0 Å². The normalized spacial score (nSPS) is 20.6. The van der Waals surface area contributed by atoms with Crippen LogP contribution in [0.25, 0.3) is 0 Å². The number of ether oxygens (including phenoxy) is 3. The van der Waals surface area contributed by atoms with E-state index < -0.39 is 81.7 Å². The molecule has 2 rings (SSSR count). The summed E-state index contributed by atoms with van der Waals surface area (Å²) in [6.07, 6.45) is 19.3. The molecule has 0 radical (unpaired) electrons. The molecule has 1 unspecified atom stereocenters. The van der Waals surface area contributed by atoms with Crippen LogP contribution in [-0.2, 0) is 53.3 Å². The van der Waals surface area contributed by atoms with Crippen molar-refractivity contribution in [1.29, 1.82) is 0 Å². The topological polar surface area (TPSA) is 205 Å². The molecular formula is C54H95O14P. The maximum Gasteiger partial charge on any atom is 0.475 e. The summed E-state index contributed by atoms with van der Waals surface area (Å²) in [5, 5.41) is 43.7. The van der Waals surface area contributed by atoms with Crippen LogP contribution in [0, 0.1) is 0 Å². The summed E-state index contributed by atoms with van der Waals surface area (Å²) >= 11 is 0. The highest BCUT2D eigenvalue weighted by atomic mass is 31.2. The monoisotopic (exact) mass is 999 g/mol. The first-order valence-corrected chi connectivity index (χ1v) is 28.8. The number of hydrogen-bond acceptors (Lipinski definition) is 14. The predicted octanol–water partition coefficient (Wildman–Crippen LogP) is 12.1. The van der Waals surface area contributed by atoms with Gasteiger partial charge in [-0.3, -0.25) is 28.0 Å². The van der Waals surface area contributed by atoms with Crippen LogP contribution in [-0.4, -0.2) is 94.3 Å². The fourth-order valence-electron chi connectivity index (χ4n) is 8.51. The van der Waals surface area contributed by atoms with Crippen LogP contribution >= 0.6 is 7.82 Å². The Balaban J connectivity index is 2.07. The average molecular weight is 999 g/mol. The molecule has 0 spiro atoms. The van der Waals surface area contributed by atoms with E-state index in [1.54, 1.807) is 30.3 Å².